The number of aliphatic hydroxyl groups excluding tert-OH is 1. The predicted octanol–water partition coefficient (Wildman–Crippen LogP) is 2.28. The number of aryl methyl sites for hydroxylation is 2. The van der Waals surface area contributed by atoms with Gasteiger partial charge in [-0.15, -0.1) is 0 Å². The molecule has 0 aliphatic carbocycles. The molecule has 3 atom stereocenters. The second-order valence-corrected chi connectivity index (χ2v) is 9.28. The van der Waals surface area contributed by atoms with Crippen molar-refractivity contribution in [3.63, 3.8) is 0 Å². The normalized spacial score (nSPS) is 25.7. The van der Waals surface area contributed by atoms with Gasteiger partial charge in [0.2, 0.25) is 10.0 Å². The minimum Gasteiger partial charge on any atom is -0.490 e. The van der Waals surface area contributed by atoms with E-state index >= 15 is 0 Å². The molecule has 2 bridgehead atoms. The van der Waals surface area contributed by atoms with Crippen LogP contribution in [-0.2, 0) is 16.6 Å². The molecule has 0 saturated carbocycles. The quantitative estimate of drug-likeness (QED) is 0.815. The number of aromatic amines is 1. The van der Waals surface area contributed by atoms with Crippen molar-refractivity contribution in [2.75, 3.05) is 0 Å². The zero-order valence-corrected chi connectivity index (χ0v) is 16.4. The third kappa shape index (κ3) is 3.26. The van der Waals surface area contributed by atoms with Gasteiger partial charge in [-0.25, -0.2) is 8.42 Å². The number of sulfonamides is 1. The second kappa shape index (κ2) is 6.92. The lowest BCUT2D eigenvalue weighted by atomic mass is 10.0. The van der Waals surface area contributed by atoms with Crippen LogP contribution in [0.4, 0.5) is 0 Å². The number of nitrogens with zero attached hydrogens (tertiary/aromatic N) is 2. The number of ether oxygens (including phenoxy) is 1. The summed E-state index contributed by atoms with van der Waals surface area (Å²) in [5.41, 5.74) is 1.96. The second-order valence-electron chi connectivity index (χ2n) is 7.50. The predicted molar refractivity (Wildman–Crippen MR) is 99.9 cm³/mol. The van der Waals surface area contributed by atoms with Crippen LogP contribution in [0.3, 0.4) is 0 Å². The molecule has 8 heteroatoms. The van der Waals surface area contributed by atoms with Gasteiger partial charge in [-0.3, -0.25) is 5.10 Å². The Morgan fingerprint density at radius 1 is 1.19 bits per heavy atom. The molecule has 0 spiro atoms. The molecule has 2 aliphatic rings. The van der Waals surface area contributed by atoms with Gasteiger partial charge in [0.05, 0.1) is 18.0 Å². The summed E-state index contributed by atoms with van der Waals surface area (Å²) in [6, 6.07) is 7.32. The monoisotopic (exact) mass is 391 g/mol. The van der Waals surface area contributed by atoms with Gasteiger partial charge in [0.1, 0.15) is 16.7 Å². The van der Waals surface area contributed by atoms with Gasteiger partial charge in [0.25, 0.3) is 0 Å². The number of piperidine rings is 1. The Morgan fingerprint density at radius 3 is 2.33 bits per heavy atom. The Morgan fingerprint density at radius 2 is 1.81 bits per heavy atom. The van der Waals surface area contributed by atoms with Crippen LogP contribution in [-0.4, -0.2) is 46.2 Å². The van der Waals surface area contributed by atoms with E-state index < -0.39 is 10.0 Å². The zero-order valence-electron chi connectivity index (χ0n) is 15.6. The van der Waals surface area contributed by atoms with Gasteiger partial charge in [0.15, 0.2) is 0 Å². The van der Waals surface area contributed by atoms with Gasteiger partial charge in [0, 0.05) is 24.9 Å². The topological polar surface area (TPSA) is 95.5 Å². The molecule has 2 aromatic rings. The van der Waals surface area contributed by atoms with E-state index in [1.54, 1.807) is 18.2 Å². The first kappa shape index (κ1) is 18.5. The number of aliphatic hydroxyl groups is 1. The van der Waals surface area contributed by atoms with Crippen LogP contribution in [0.5, 0.6) is 5.75 Å². The molecule has 1 aromatic heterocycles. The molecule has 0 unspecified atom stereocenters. The van der Waals surface area contributed by atoms with Crippen molar-refractivity contribution >= 4 is 10.0 Å². The number of hydrogen-bond acceptors (Lipinski definition) is 5. The fourth-order valence-corrected chi connectivity index (χ4v) is 6.70. The van der Waals surface area contributed by atoms with E-state index in [1.807, 2.05) is 24.3 Å². The van der Waals surface area contributed by atoms with E-state index in [-0.39, 0.29) is 24.8 Å². The van der Waals surface area contributed by atoms with Gasteiger partial charge in [-0.05, 0) is 44.4 Å². The average molecular weight is 391 g/mol. The molecule has 146 valence electrons. The van der Waals surface area contributed by atoms with E-state index in [0.29, 0.717) is 29.1 Å². The maximum atomic E-state index is 13.3. The molecule has 2 fully saturated rings. The van der Waals surface area contributed by atoms with E-state index in [4.69, 9.17) is 9.84 Å². The number of rotatable bonds is 5. The van der Waals surface area contributed by atoms with Crippen molar-refractivity contribution in [3.8, 4) is 5.75 Å². The van der Waals surface area contributed by atoms with Gasteiger partial charge < -0.3 is 9.84 Å². The minimum atomic E-state index is -3.56. The maximum Gasteiger partial charge on any atom is 0.247 e. The lowest BCUT2D eigenvalue weighted by molar-refractivity contribution is 0.0956. The molecule has 27 heavy (non-hydrogen) atoms. The molecule has 1 aromatic carbocycles. The van der Waals surface area contributed by atoms with Crippen molar-refractivity contribution in [2.24, 2.45) is 0 Å². The number of aromatic nitrogens is 2. The van der Waals surface area contributed by atoms with Crippen LogP contribution in [0.15, 0.2) is 29.2 Å². The third-order valence-corrected chi connectivity index (χ3v) is 7.90. The molecular formula is C19H25N3O4S. The SMILES string of the molecule is Cc1n[nH]c(C)c1S(=O)(=O)N1[C@@H]2CC[C@H]1C[C@H](Oc1ccc(CO)cc1)C2. The highest BCUT2D eigenvalue weighted by molar-refractivity contribution is 7.89. The summed E-state index contributed by atoms with van der Waals surface area (Å²) in [4.78, 5) is 0.318. The largest absolute Gasteiger partial charge is 0.490 e. The number of hydrogen-bond donors (Lipinski definition) is 2. The third-order valence-electron chi connectivity index (χ3n) is 5.63. The molecule has 0 radical (unpaired) electrons. The molecule has 7 nitrogen and oxygen atoms in total. The summed E-state index contributed by atoms with van der Waals surface area (Å²) in [7, 11) is -3.56. The Labute approximate surface area is 159 Å². The number of H-pyrrole nitrogens is 1. The van der Waals surface area contributed by atoms with Crippen LogP contribution in [0, 0.1) is 13.8 Å². The smallest absolute Gasteiger partial charge is 0.247 e. The highest BCUT2D eigenvalue weighted by Crippen LogP contribution is 2.41. The Balaban J connectivity index is 1.52. The number of fused-ring (bicyclic) bond motifs is 2. The van der Waals surface area contributed by atoms with Crippen LogP contribution < -0.4 is 4.74 Å². The van der Waals surface area contributed by atoms with Crippen molar-refractivity contribution < 1.29 is 18.3 Å². The summed E-state index contributed by atoms with van der Waals surface area (Å²) in [6.07, 6.45) is 3.10. The standard InChI is InChI=1S/C19H25N3O4S/c1-12-19(13(2)21-20-12)27(24,25)22-15-5-6-16(22)10-18(9-15)26-17-7-3-14(11-23)4-8-17/h3-4,7-8,15-16,18,23H,5-6,9-11H2,1-2H3,(H,20,21)/t15-,16+,18-. The van der Waals surface area contributed by atoms with Crippen molar-refractivity contribution in [1.29, 1.82) is 0 Å². The maximum absolute atomic E-state index is 13.3. The summed E-state index contributed by atoms with van der Waals surface area (Å²) in [6.45, 7) is 3.48. The molecule has 2 aliphatic heterocycles. The molecule has 2 N–H and O–H groups in total. The van der Waals surface area contributed by atoms with Crippen LogP contribution in [0.2, 0.25) is 0 Å². The van der Waals surface area contributed by atoms with Crippen molar-refractivity contribution in [3.05, 3.63) is 41.2 Å². The highest BCUT2D eigenvalue weighted by atomic mass is 32.2. The molecule has 2 saturated heterocycles. The van der Waals surface area contributed by atoms with E-state index in [9.17, 15) is 8.42 Å². The van der Waals surface area contributed by atoms with Gasteiger partial charge in [-0.1, -0.05) is 12.1 Å². The lowest BCUT2D eigenvalue weighted by Crippen LogP contribution is -2.49. The molecule has 0 amide bonds. The van der Waals surface area contributed by atoms with E-state index in [0.717, 1.165) is 24.2 Å². The highest BCUT2D eigenvalue weighted by Gasteiger charge is 2.48. The first-order valence-corrected chi connectivity index (χ1v) is 10.8. The molecule has 4 rings (SSSR count). The van der Waals surface area contributed by atoms with E-state index in [2.05, 4.69) is 10.2 Å². The van der Waals surface area contributed by atoms with E-state index in [1.165, 1.54) is 0 Å². The molecular weight excluding hydrogens is 366 g/mol. The van der Waals surface area contributed by atoms with Crippen LogP contribution in [0.25, 0.3) is 0 Å². The average Bonchev–Trinajstić information content (AvgIpc) is 3.13. The number of benzene rings is 1. The summed E-state index contributed by atoms with van der Waals surface area (Å²) in [5.74, 6) is 0.759. The Bertz CT molecular complexity index is 889. The Kier molecular flexibility index (Phi) is 4.73. The van der Waals surface area contributed by atoms with Crippen LogP contribution in [0.1, 0.15) is 42.6 Å². The van der Waals surface area contributed by atoms with Crippen molar-refractivity contribution in [2.45, 2.75) is 69.2 Å². The fraction of sp³-hybridized carbons (Fsp3) is 0.526. The summed E-state index contributed by atoms with van der Waals surface area (Å²) < 4.78 is 34.4. The fourth-order valence-electron chi connectivity index (χ4n) is 4.46. The summed E-state index contributed by atoms with van der Waals surface area (Å²) in [5, 5.41) is 16.0. The van der Waals surface area contributed by atoms with Crippen molar-refractivity contribution in [1.82, 2.24) is 14.5 Å². The van der Waals surface area contributed by atoms with Gasteiger partial charge >= 0.3 is 0 Å². The molecule has 3 heterocycles. The first-order valence-electron chi connectivity index (χ1n) is 9.31. The summed E-state index contributed by atoms with van der Waals surface area (Å²) >= 11 is 0. The van der Waals surface area contributed by atoms with Gasteiger partial charge in [-0.2, -0.15) is 9.40 Å². The Hall–Kier alpha value is -1.90. The first-order chi connectivity index (χ1) is 12.9. The van der Waals surface area contributed by atoms with Crippen LogP contribution >= 0.6 is 0 Å². The lowest BCUT2D eigenvalue weighted by Gasteiger charge is -2.37. The number of nitrogens with one attached hydrogen (secondary N) is 1. The minimum absolute atomic E-state index is 0.000435. The zero-order chi connectivity index (χ0) is 19.2.